The van der Waals surface area contributed by atoms with Crippen molar-refractivity contribution in [3.8, 4) is 0 Å². The van der Waals surface area contributed by atoms with Gasteiger partial charge in [0.15, 0.2) is 0 Å². The molecule has 2 aromatic carbocycles. The third-order valence-electron chi connectivity index (χ3n) is 3.49. The summed E-state index contributed by atoms with van der Waals surface area (Å²) in [6.07, 6.45) is 0. The Kier molecular flexibility index (Phi) is 6.30. The Morgan fingerprint density at radius 3 is 2.50 bits per heavy atom. The van der Waals surface area contributed by atoms with Gasteiger partial charge in [0, 0.05) is 12.6 Å². The lowest BCUT2D eigenvalue weighted by Gasteiger charge is -2.22. The lowest BCUT2D eigenvalue weighted by molar-refractivity contribution is -0.120. The second-order valence-electron chi connectivity index (χ2n) is 5.29. The van der Waals surface area contributed by atoms with Crippen LogP contribution >= 0.6 is 11.6 Å². The van der Waals surface area contributed by atoms with Gasteiger partial charge in [-0.25, -0.2) is 9.18 Å². The maximum absolute atomic E-state index is 13.2. The molecular weight excluding hydrogens is 363 g/mol. The fourth-order valence-electron chi connectivity index (χ4n) is 2.28. The molecule has 0 fully saturated rings. The van der Waals surface area contributed by atoms with Gasteiger partial charge in [0.1, 0.15) is 12.4 Å². The summed E-state index contributed by atoms with van der Waals surface area (Å²) in [6.45, 7) is 0.925. The maximum atomic E-state index is 13.2. The van der Waals surface area contributed by atoms with Gasteiger partial charge in [0.05, 0.1) is 23.4 Å². The van der Waals surface area contributed by atoms with Crippen LogP contribution in [0.1, 0.15) is 17.3 Å². The Hall–Kier alpha value is -2.93. The highest BCUT2D eigenvalue weighted by atomic mass is 35.5. The van der Waals surface area contributed by atoms with E-state index < -0.39 is 23.6 Å². The molecule has 0 radical (unpaired) electrons. The van der Waals surface area contributed by atoms with E-state index >= 15 is 0 Å². The molecular formula is C18H16ClFN2O4. The van der Waals surface area contributed by atoms with Crippen LogP contribution in [-0.2, 0) is 14.3 Å². The number of para-hydroxylation sites is 1. The Bertz CT molecular complexity index is 857. The molecule has 0 bridgehead atoms. The van der Waals surface area contributed by atoms with Crippen molar-refractivity contribution >= 4 is 40.8 Å². The molecule has 0 aliphatic rings. The summed E-state index contributed by atoms with van der Waals surface area (Å²) < 4.78 is 17.9. The highest BCUT2D eigenvalue weighted by Gasteiger charge is 2.22. The minimum Gasteiger partial charge on any atom is -0.465 e. The van der Waals surface area contributed by atoms with Crippen molar-refractivity contribution in [2.75, 3.05) is 23.9 Å². The number of esters is 1. The predicted molar refractivity (Wildman–Crippen MR) is 95.8 cm³/mol. The van der Waals surface area contributed by atoms with Crippen molar-refractivity contribution in [3.05, 3.63) is 58.9 Å². The number of ether oxygens (including phenoxy) is 1. The zero-order valence-corrected chi connectivity index (χ0v) is 14.8. The normalized spacial score (nSPS) is 10.2. The summed E-state index contributed by atoms with van der Waals surface area (Å²) in [4.78, 5) is 37.3. The Labute approximate surface area is 154 Å². The zero-order valence-electron chi connectivity index (χ0n) is 14.1. The molecule has 0 aromatic heterocycles. The number of amides is 2. The Morgan fingerprint density at radius 1 is 1.19 bits per heavy atom. The molecule has 0 unspecified atom stereocenters. The quantitative estimate of drug-likeness (QED) is 0.810. The topological polar surface area (TPSA) is 75.7 Å². The van der Waals surface area contributed by atoms with Crippen LogP contribution in [0, 0.1) is 5.82 Å². The lowest BCUT2D eigenvalue weighted by Crippen LogP contribution is -2.37. The summed E-state index contributed by atoms with van der Waals surface area (Å²) in [5.41, 5.74) is 0.688. The average Bonchev–Trinajstić information content (AvgIpc) is 2.62. The third kappa shape index (κ3) is 4.58. The largest absolute Gasteiger partial charge is 0.465 e. The number of benzene rings is 2. The highest BCUT2D eigenvalue weighted by Crippen LogP contribution is 2.22. The summed E-state index contributed by atoms with van der Waals surface area (Å²) in [6, 6.07) is 10.0. The third-order valence-corrected chi connectivity index (χ3v) is 3.77. The van der Waals surface area contributed by atoms with Crippen LogP contribution in [-0.4, -0.2) is 31.4 Å². The molecule has 2 rings (SSSR count). The van der Waals surface area contributed by atoms with Gasteiger partial charge >= 0.3 is 5.97 Å². The summed E-state index contributed by atoms with van der Waals surface area (Å²) >= 11 is 5.68. The van der Waals surface area contributed by atoms with Gasteiger partial charge in [0.25, 0.3) is 0 Å². The summed E-state index contributed by atoms with van der Waals surface area (Å²) in [5, 5.41) is 2.39. The van der Waals surface area contributed by atoms with Crippen LogP contribution < -0.4 is 10.2 Å². The first-order chi connectivity index (χ1) is 12.3. The molecule has 0 aliphatic carbocycles. The van der Waals surface area contributed by atoms with Crippen LogP contribution in [0.3, 0.4) is 0 Å². The van der Waals surface area contributed by atoms with E-state index in [-0.39, 0.29) is 28.5 Å². The fourth-order valence-corrected chi connectivity index (χ4v) is 2.46. The number of anilines is 2. The first-order valence-corrected chi connectivity index (χ1v) is 7.91. The molecule has 0 aliphatic heterocycles. The molecule has 0 saturated heterocycles. The Morgan fingerprint density at radius 2 is 1.88 bits per heavy atom. The van der Waals surface area contributed by atoms with E-state index in [2.05, 4.69) is 5.32 Å². The molecule has 0 saturated carbocycles. The van der Waals surface area contributed by atoms with Crippen molar-refractivity contribution in [2.45, 2.75) is 6.92 Å². The van der Waals surface area contributed by atoms with E-state index in [4.69, 9.17) is 16.3 Å². The second-order valence-corrected chi connectivity index (χ2v) is 5.70. The van der Waals surface area contributed by atoms with Crippen molar-refractivity contribution in [2.24, 2.45) is 0 Å². The first-order valence-electron chi connectivity index (χ1n) is 7.54. The van der Waals surface area contributed by atoms with Crippen molar-refractivity contribution in [1.82, 2.24) is 0 Å². The zero-order chi connectivity index (χ0) is 19.3. The molecule has 0 heterocycles. The summed E-state index contributed by atoms with van der Waals surface area (Å²) in [7, 11) is 1.22. The van der Waals surface area contributed by atoms with Gasteiger partial charge in [0.2, 0.25) is 11.8 Å². The van der Waals surface area contributed by atoms with E-state index in [1.807, 2.05) is 0 Å². The fraction of sp³-hybridized carbons (Fsp3) is 0.167. The van der Waals surface area contributed by atoms with E-state index in [9.17, 15) is 18.8 Å². The van der Waals surface area contributed by atoms with Crippen LogP contribution in [0.2, 0.25) is 5.02 Å². The molecule has 2 amide bonds. The standard InChI is InChI=1S/C18H16ClFN2O4/c1-11(23)22(16-6-4-3-5-13(16)18(25)26-2)10-17(24)21-12-7-8-15(20)14(19)9-12/h3-9H,10H2,1-2H3,(H,21,24). The average molecular weight is 379 g/mol. The molecule has 6 nitrogen and oxygen atoms in total. The van der Waals surface area contributed by atoms with Crippen molar-refractivity contribution in [3.63, 3.8) is 0 Å². The second kappa shape index (κ2) is 8.44. The number of methoxy groups -OCH3 is 1. The van der Waals surface area contributed by atoms with Crippen molar-refractivity contribution < 1.29 is 23.5 Å². The number of carbonyl (C=O) groups excluding carboxylic acids is 3. The number of rotatable bonds is 5. The number of hydrogen-bond acceptors (Lipinski definition) is 4. The van der Waals surface area contributed by atoms with Crippen LogP contribution in [0.25, 0.3) is 0 Å². The van der Waals surface area contributed by atoms with Gasteiger partial charge in [-0.3, -0.25) is 9.59 Å². The molecule has 1 N–H and O–H groups in total. The Balaban J connectivity index is 2.23. The van der Waals surface area contributed by atoms with Crippen LogP contribution in [0.15, 0.2) is 42.5 Å². The maximum Gasteiger partial charge on any atom is 0.339 e. The molecule has 136 valence electrons. The van der Waals surface area contributed by atoms with Crippen LogP contribution in [0.4, 0.5) is 15.8 Å². The van der Waals surface area contributed by atoms with Gasteiger partial charge in [-0.2, -0.15) is 0 Å². The van der Waals surface area contributed by atoms with Crippen LogP contribution in [0.5, 0.6) is 0 Å². The van der Waals surface area contributed by atoms with E-state index in [0.717, 1.165) is 11.0 Å². The first kappa shape index (κ1) is 19.4. The molecule has 2 aromatic rings. The smallest absolute Gasteiger partial charge is 0.339 e. The minimum atomic E-state index is -0.627. The van der Waals surface area contributed by atoms with Gasteiger partial charge in [-0.15, -0.1) is 0 Å². The van der Waals surface area contributed by atoms with Gasteiger partial charge in [-0.1, -0.05) is 23.7 Å². The lowest BCUT2D eigenvalue weighted by atomic mass is 10.1. The molecule has 0 spiro atoms. The summed E-state index contributed by atoms with van der Waals surface area (Å²) in [5.74, 6) is -2.21. The number of nitrogens with one attached hydrogen (secondary N) is 1. The SMILES string of the molecule is COC(=O)c1ccccc1N(CC(=O)Nc1ccc(F)c(Cl)c1)C(C)=O. The number of hydrogen-bond donors (Lipinski definition) is 1. The molecule has 0 atom stereocenters. The predicted octanol–water partition coefficient (Wildman–Crippen LogP) is 3.26. The number of halogens is 2. The minimum absolute atomic E-state index is 0.137. The van der Waals surface area contributed by atoms with E-state index in [1.54, 1.807) is 12.1 Å². The van der Waals surface area contributed by atoms with Gasteiger partial charge < -0.3 is 15.0 Å². The van der Waals surface area contributed by atoms with E-state index in [0.29, 0.717) is 0 Å². The monoisotopic (exact) mass is 378 g/mol. The van der Waals surface area contributed by atoms with E-state index in [1.165, 1.54) is 38.3 Å². The number of nitrogens with zero attached hydrogens (tertiary/aromatic N) is 1. The van der Waals surface area contributed by atoms with Crippen molar-refractivity contribution in [1.29, 1.82) is 0 Å². The molecule has 8 heteroatoms. The molecule has 26 heavy (non-hydrogen) atoms. The number of carbonyl (C=O) groups is 3. The highest BCUT2D eigenvalue weighted by molar-refractivity contribution is 6.31. The van der Waals surface area contributed by atoms with Gasteiger partial charge in [-0.05, 0) is 30.3 Å².